The Morgan fingerprint density at radius 1 is 1.48 bits per heavy atom. The van der Waals surface area contributed by atoms with Crippen molar-refractivity contribution >= 4 is 39.2 Å². The van der Waals surface area contributed by atoms with E-state index in [4.69, 9.17) is 22.8 Å². The summed E-state index contributed by atoms with van der Waals surface area (Å²) in [6.07, 6.45) is 0. The van der Waals surface area contributed by atoms with Crippen LogP contribution >= 0.6 is 28.1 Å². The highest BCUT2D eigenvalue weighted by Gasteiger charge is 2.33. The van der Waals surface area contributed by atoms with E-state index in [9.17, 15) is 4.79 Å². The molecule has 0 unspecified atom stereocenters. The average molecular weight is 370 g/mol. The van der Waals surface area contributed by atoms with Crippen LogP contribution in [-0.4, -0.2) is 22.7 Å². The molecule has 1 aliphatic rings. The fourth-order valence-electron chi connectivity index (χ4n) is 2.14. The Kier molecular flexibility index (Phi) is 4.97. The Balaban J connectivity index is 2.48. The molecule has 2 rings (SSSR count). The first kappa shape index (κ1) is 15.9. The van der Waals surface area contributed by atoms with E-state index in [0.29, 0.717) is 23.0 Å². The molecule has 1 aromatic rings. The fraction of sp³-hybridized carbons (Fsp3) is 0.286. The maximum Gasteiger partial charge on any atom is 0.338 e. The second-order valence-corrected chi connectivity index (χ2v) is 5.83. The zero-order chi connectivity index (χ0) is 15.6. The first-order valence-corrected chi connectivity index (χ1v) is 7.64. The third kappa shape index (κ3) is 3.25. The number of rotatable bonds is 3. The third-order valence-corrected chi connectivity index (χ3v) is 4.07. The van der Waals surface area contributed by atoms with Gasteiger partial charge in [0.05, 0.1) is 18.2 Å². The Morgan fingerprint density at radius 3 is 2.67 bits per heavy atom. The summed E-state index contributed by atoms with van der Waals surface area (Å²) < 4.78 is 6.10. The molecule has 1 aliphatic heterocycles. The highest BCUT2D eigenvalue weighted by Crippen LogP contribution is 2.30. The van der Waals surface area contributed by atoms with Crippen molar-refractivity contribution in [1.82, 2.24) is 10.3 Å². The van der Waals surface area contributed by atoms with Crippen LogP contribution in [0.5, 0.6) is 0 Å². The van der Waals surface area contributed by atoms with E-state index in [-0.39, 0.29) is 6.04 Å². The second kappa shape index (κ2) is 6.55. The van der Waals surface area contributed by atoms with Gasteiger partial charge in [0.1, 0.15) is 0 Å². The molecule has 7 heteroatoms. The molecule has 1 atom stereocenters. The molecule has 0 saturated heterocycles. The molecule has 0 amide bonds. The molecular weight excluding hydrogens is 354 g/mol. The van der Waals surface area contributed by atoms with Crippen molar-refractivity contribution in [1.29, 1.82) is 0 Å². The predicted molar refractivity (Wildman–Crippen MR) is 88.0 cm³/mol. The zero-order valence-electron chi connectivity index (χ0n) is 11.7. The quantitative estimate of drug-likeness (QED) is 0.484. The van der Waals surface area contributed by atoms with Crippen LogP contribution in [0.1, 0.15) is 25.5 Å². The van der Waals surface area contributed by atoms with Crippen LogP contribution in [0.25, 0.3) is 0 Å². The van der Waals surface area contributed by atoms with Crippen LogP contribution in [0.4, 0.5) is 0 Å². The molecule has 1 aromatic carbocycles. The summed E-state index contributed by atoms with van der Waals surface area (Å²) in [6.45, 7) is 3.83. The van der Waals surface area contributed by atoms with Gasteiger partial charge < -0.3 is 10.1 Å². The average Bonchev–Trinajstić information content (AvgIpc) is 2.45. The topological polar surface area (TPSA) is 67.6 Å². The fourth-order valence-corrected chi connectivity index (χ4v) is 2.65. The molecule has 3 N–H and O–H groups in total. The van der Waals surface area contributed by atoms with Gasteiger partial charge in [-0.25, -0.2) is 10.6 Å². The molecule has 0 spiro atoms. The van der Waals surface area contributed by atoms with E-state index in [1.807, 2.05) is 24.3 Å². The monoisotopic (exact) mass is 369 g/mol. The molecule has 0 saturated carbocycles. The van der Waals surface area contributed by atoms with Crippen LogP contribution in [0.2, 0.25) is 0 Å². The highest BCUT2D eigenvalue weighted by molar-refractivity contribution is 9.10. The molecule has 21 heavy (non-hydrogen) atoms. The minimum atomic E-state index is -0.395. The SMILES string of the molecule is CCOC(=O)C1=C(C)N(N)C(=S)N[C@H]1c1ccc(Br)cc1. The number of carbonyl (C=O) groups excluding carboxylic acids is 1. The van der Waals surface area contributed by atoms with E-state index < -0.39 is 5.97 Å². The first-order valence-electron chi connectivity index (χ1n) is 6.44. The maximum atomic E-state index is 12.3. The number of thiocarbonyl (C=S) groups is 1. The number of allylic oxidation sites excluding steroid dienone is 1. The summed E-state index contributed by atoms with van der Waals surface area (Å²) >= 11 is 8.60. The van der Waals surface area contributed by atoms with Crippen LogP contribution in [0.15, 0.2) is 40.0 Å². The Labute approximate surface area is 137 Å². The van der Waals surface area contributed by atoms with Gasteiger partial charge in [-0.05, 0) is 43.8 Å². The van der Waals surface area contributed by atoms with Gasteiger partial charge in [0, 0.05) is 10.2 Å². The number of esters is 1. The van der Waals surface area contributed by atoms with Crippen LogP contribution in [0.3, 0.4) is 0 Å². The number of hydrogen-bond donors (Lipinski definition) is 2. The van der Waals surface area contributed by atoms with E-state index in [0.717, 1.165) is 10.0 Å². The molecule has 0 bridgehead atoms. The van der Waals surface area contributed by atoms with E-state index in [2.05, 4.69) is 21.2 Å². The molecule has 0 fully saturated rings. The standard InChI is InChI=1S/C14H16BrN3O2S/c1-3-20-13(19)11-8(2)18(16)14(21)17-12(11)9-4-6-10(15)7-5-9/h4-7,12H,3,16H2,1-2H3,(H,17,21)/t12-/m0/s1. The smallest absolute Gasteiger partial charge is 0.338 e. The van der Waals surface area contributed by atoms with Crippen molar-refractivity contribution in [3.05, 3.63) is 45.6 Å². The van der Waals surface area contributed by atoms with Crippen LogP contribution < -0.4 is 11.2 Å². The second-order valence-electron chi connectivity index (χ2n) is 4.52. The lowest BCUT2D eigenvalue weighted by Crippen LogP contribution is -2.50. The minimum Gasteiger partial charge on any atom is -0.463 e. The van der Waals surface area contributed by atoms with Gasteiger partial charge in [-0.15, -0.1) is 0 Å². The molecule has 0 radical (unpaired) electrons. The van der Waals surface area contributed by atoms with Gasteiger partial charge in [-0.1, -0.05) is 28.1 Å². The van der Waals surface area contributed by atoms with Crippen molar-refractivity contribution in [2.24, 2.45) is 5.84 Å². The number of ether oxygens (including phenoxy) is 1. The number of nitrogens with zero attached hydrogens (tertiary/aromatic N) is 1. The number of nitrogens with two attached hydrogens (primary N) is 1. The summed E-state index contributed by atoms with van der Waals surface area (Å²) in [4.78, 5) is 12.3. The number of benzene rings is 1. The Morgan fingerprint density at radius 2 is 2.10 bits per heavy atom. The van der Waals surface area contributed by atoms with Gasteiger partial charge in [-0.2, -0.15) is 0 Å². The van der Waals surface area contributed by atoms with Gasteiger partial charge in [-0.3, -0.25) is 5.01 Å². The maximum absolute atomic E-state index is 12.3. The molecule has 0 aliphatic carbocycles. The highest BCUT2D eigenvalue weighted by atomic mass is 79.9. The van der Waals surface area contributed by atoms with Gasteiger partial charge in [0.2, 0.25) is 0 Å². The van der Waals surface area contributed by atoms with Gasteiger partial charge >= 0.3 is 5.97 Å². The van der Waals surface area contributed by atoms with Crippen molar-refractivity contribution < 1.29 is 9.53 Å². The van der Waals surface area contributed by atoms with Crippen molar-refractivity contribution in [3.63, 3.8) is 0 Å². The number of carbonyl (C=O) groups is 1. The lowest BCUT2D eigenvalue weighted by Gasteiger charge is -2.34. The summed E-state index contributed by atoms with van der Waals surface area (Å²) in [5, 5.41) is 4.74. The molecule has 0 aromatic heterocycles. The number of nitrogens with one attached hydrogen (secondary N) is 1. The summed E-state index contributed by atoms with van der Waals surface area (Å²) in [5.41, 5.74) is 1.97. The summed E-state index contributed by atoms with van der Waals surface area (Å²) in [5.74, 6) is 5.47. The number of halogens is 1. The number of hydrazine groups is 1. The Bertz CT molecular complexity index is 601. The third-order valence-electron chi connectivity index (χ3n) is 3.23. The van der Waals surface area contributed by atoms with E-state index >= 15 is 0 Å². The molecule has 112 valence electrons. The van der Waals surface area contributed by atoms with E-state index in [1.165, 1.54) is 5.01 Å². The molecule has 1 heterocycles. The van der Waals surface area contributed by atoms with Crippen molar-refractivity contribution in [3.8, 4) is 0 Å². The zero-order valence-corrected chi connectivity index (χ0v) is 14.1. The number of hydrogen-bond acceptors (Lipinski definition) is 4. The lowest BCUT2D eigenvalue weighted by atomic mass is 9.95. The summed E-state index contributed by atoms with van der Waals surface area (Å²) in [7, 11) is 0. The lowest BCUT2D eigenvalue weighted by molar-refractivity contribution is -0.139. The van der Waals surface area contributed by atoms with Crippen LogP contribution in [-0.2, 0) is 9.53 Å². The van der Waals surface area contributed by atoms with Crippen molar-refractivity contribution in [2.75, 3.05) is 6.61 Å². The predicted octanol–water partition coefficient (Wildman–Crippen LogP) is 2.39. The van der Waals surface area contributed by atoms with Crippen LogP contribution in [0, 0.1) is 0 Å². The largest absolute Gasteiger partial charge is 0.463 e. The first-order chi connectivity index (χ1) is 9.95. The minimum absolute atomic E-state index is 0.303. The van der Waals surface area contributed by atoms with Gasteiger partial charge in [0.25, 0.3) is 0 Å². The summed E-state index contributed by atoms with van der Waals surface area (Å²) in [6, 6.07) is 7.29. The molecular formula is C14H16BrN3O2S. The van der Waals surface area contributed by atoms with E-state index in [1.54, 1.807) is 13.8 Å². The normalized spacial score (nSPS) is 18.6. The van der Waals surface area contributed by atoms with Crippen molar-refractivity contribution in [2.45, 2.75) is 19.9 Å². The van der Waals surface area contributed by atoms with Gasteiger partial charge in [0.15, 0.2) is 5.11 Å². The Hall–Kier alpha value is -1.44. The molecule has 5 nitrogen and oxygen atoms in total.